The molecule has 1 amide bonds. The van der Waals surface area contributed by atoms with Gasteiger partial charge in [0.15, 0.2) is 0 Å². The topological polar surface area (TPSA) is 54.0 Å². The van der Waals surface area contributed by atoms with E-state index in [1.165, 1.54) is 5.56 Å². The molecule has 4 heteroatoms. The smallest absolute Gasteiger partial charge is 0.257 e. The highest BCUT2D eigenvalue weighted by Gasteiger charge is 2.08. The van der Waals surface area contributed by atoms with Gasteiger partial charge in [0.05, 0.1) is 11.3 Å². The number of carbonyl (C=O) groups excluding carboxylic acids is 1. The highest BCUT2D eigenvalue weighted by atomic mass is 16.1. The van der Waals surface area contributed by atoms with Gasteiger partial charge in [0.1, 0.15) is 0 Å². The molecule has 0 unspecified atom stereocenters. The van der Waals surface area contributed by atoms with E-state index >= 15 is 0 Å². The third-order valence-corrected chi connectivity index (χ3v) is 3.89. The molecule has 1 aromatic carbocycles. The fourth-order valence-electron chi connectivity index (χ4n) is 2.32. The lowest BCUT2D eigenvalue weighted by Crippen LogP contribution is -2.13. The van der Waals surface area contributed by atoms with Crippen LogP contribution >= 0.6 is 0 Å². The second-order valence-corrected chi connectivity index (χ2v) is 6.80. The maximum absolute atomic E-state index is 12.4. The minimum absolute atomic E-state index is 0.146. The second kappa shape index (κ2) is 8.48. The molecular formula is C20H27N3O. The van der Waals surface area contributed by atoms with Crippen molar-refractivity contribution in [2.24, 2.45) is 5.92 Å². The fraction of sp³-hybridized carbons (Fsp3) is 0.400. The van der Waals surface area contributed by atoms with E-state index in [0.29, 0.717) is 17.4 Å². The molecule has 0 bridgehead atoms. The van der Waals surface area contributed by atoms with Gasteiger partial charge >= 0.3 is 0 Å². The van der Waals surface area contributed by atoms with Crippen LogP contribution in [0.15, 0.2) is 42.7 Å². The minimum Gasteiger partial charge on any atom is -0.384 e. The van der Waals surface area contributed by atoms with Crippen molar-refractivity contribution in [3.05, 3.63) is 53.9 Å². The Kier molecular flexibility index (Phi) is 6.36. The zero-order valence-electron chi connectivity index (χ0n) is 15.0. The average molecular weight is 325 g/mol. The van der Waals surface area contributed by atoms with Crippen LogP contribution in [0, 0.1) is 5.92 Å². The number of nitrogens with one attached hydrogen (secondary N) is 2. The van der Waals surface area contributed by atoms with Gasteiger partial charge in [-0.05, 0) is 42.0 Å². The highest BCUT2D eigenvalue weighted by Crippen LogP contribution is 2.18. The lowest BCUT2D eigenvalue weighted by atomic mass is 10.0. The normalized spacial score (nSPS) is 10.9. The quantitative estimate of drug-likeness (QED) is 0.760. The zero-order valence-corrected chi connectivity index (χ0v) is 15.0. The van der Waals surface area contributed by atoms with Gasteiger partial charge in [-0.1, -0.05) is 39.8 Å². The van der Waals surface area contributed by atoms with Crippen molar-refractivity contribution in [3.8, 4) is 0 Å². The molecule has 2 rings (SSSR count). The van der Waals surface area contributed by atoms with Crippen LogP contribution in [0.1, 0.15) is 56.0 Å². The SMILES string of the molecule is CC(C)CCNc1cncc(C(=O)Nc2ccc(C(C)C)cc2)c1. The Morgan fingerprint density at radius 2 is 1.75 bits per heavy atom. The number of rotatable bonds is 7. The average Bonchev–Trinajstić information content (AvgIpc) is 2.55. The Balaban J connectivity index is 1.99. The van der Waals surface area contributed by atoms with Crippen molar-refractivity contribution in [1.82, 2.24) is 4.98 Å². The summed E-state index contributed by atoms with van der Waals surface area (Å²) in [4.78, 5) is 16.5. The standard InChI is InChI=1S/C20H27N3O/c1-14(2)9-10-22-19-11-17(12-21-13-19)20(24)23-18-7-5-16(6-8-18)15(3)4/h5-8,11-15,22H,9-10H2,1-4H3,(H,23,24). The molecule has 2 aromatic rings. The number of nitrogens with zero attached hydrogens (tertiary/aromatic N) is 1. The number of aromatic nitrogens is 1. The lowest BCUT2D eigenvalue weighted by molar-refractivity contribution is 0.102. The van der Waals surface area contributed by atoms with Gasteiger partial charge in [-0.25, -0.2) is 0 Å². The summed E-state index contributed by atoms with van der Waals surface area (Å²) in [7, 11) is 0. The minimum atomic E-state index is -0.146. The molecule has 1 aromatic heterocycles. The van der Waals surface area contributed by atoms with Crippen LogP contribution < -0.4 is 10.6 Å². The van der Waals surface area contributed by atoms with Crippen LogP contribution in [0.4, 0.5) is 11.4 Å². The van der Waals surface area contributed by atoms with Gasteiger partial charge in [-0.3, -0.25) is 9.78 Å². The van der Waals surface area contributed by atoms with Crippen LogP contribution in [0.3, 0.4) is 0 Å². The maximum atomic E-state index is 12.4. The first kappa shape index (κ1) is 18.0. The second-order valence-electron chi connectivity index (χ2n) is 6.80. The van der Waals surface area contributed by atoms with Gasteiger partial charge in [-0.2, -0.15) is 0 Å². The third-order valence-electron chi connectivity index (χ3n) is 3.89. The van der Waals surface area contributed by atoms with Crippen molar-refractivity contribution < 1.29 is 4.79 Å². The first-order valence-electron chi connectivity index (χ1n) is 8.56. The van der Waals surface area contributed by atoms with Gasteiger partial charge in [-0.15, -0.1) is 0 Å². The predicted octanol–water partition coefficient (Wildman–Crippen LogP) is 4.92. The molecule has 2 N–H and O–H groups in total. The van der Waals surface area contributed by atoms with Crippen LogP contribution in [-0.4, -0.2) is 17.4 Å². The summed E-state index contributed by atoms with van der Waals surface area (Å²) in [6.07, 6.45) is 4.42. The maximum Gasteiger partial charge on any atom is 0.257 e. The third kappa shape index (κ3) is 5.37. The number of carbonyl (C=O) groups is 1. The summed E-state index contributed by atoms with van der Waals surface area (Å²) in [5.74, 6) is 0.977. The van der Waals surface area contributed by atoms with Gasteiger partial charge in [0.2, 0.25) is 0 Å². The number of benzene rings is 1. The predicted molar refractivity (Wildman–Crippen MR) is 101 cm³/mol. The van der Waals surface area contributed by atoms with Gasteiger partial charge < -0.3 is 10.6 Å². The summed E-state index contributed by atoms with van der Waals surface area (Å²) in [6, 6.07) is 9.80. The first-order chi connectivity index (χ1) is 11.5. The van der Waals surface area contributed by atoms with E-state index in [4.69, 9.17) is 0 Å². The Morgan fingerprint density at radius 1 is 1.04 bits per heavy atom. The Labute approximate surface area is 144 Å². The summed E-state index contributed by atoms with van der Waals surface area (Å²) >= 11 is 0. The Bertz CT molecular complexity index is 663. The van der Waals surface area contributed by atoms with E-state index in [1.54, 1.807) is 12.4 Å². The lowest BCUT2D eigenvalue weighted by Gasteiger charge is -2.10. The van der Waals surface area contributed by atoms with Crippen LogP contribution in [0.25, 0.3) is 0 Å². The summed E-state index contributed by atoms with van der Waals surface area (Å²) < 4.78 is 0. The number of hydrogen-bond acceptors (Lipinski definition) is 3. The molecule has 0 saturated carbocycles. The summed E-state index contributed by atoms with van der Waals surface area (Å²) in [5.41, 5.74) is 3.48. The molecule has 128 valence electrons. The molecule has 0 saturated heterocycles. The fourth-order valence-corrected chi connectivity index (χ4v) is 2.32. The molecule has 0 aliphatic heterocycles. The molecule has 0 fully saturated rings. The highest BCUT2D eigenvalue weighted by molar-refractivity contribution is 6.04. The molecule has 0 aliphatic carbocycles. The molecular weight excluding hydrogens is 298 g/mol. The van der Waals surface area contributed by atoms with Crippen LogP contribution in [0.2, 0.25) is 0 Å². The monoisotopic (exact) mass is 325 g/mol. The summed E-state index contributed by atoms with van der Waals surface area (Å²) in [6.45, 7) is 9.55. The van der Waals surface area contributed by atoms with E-state index in [9.17, 15) is 4.79 Å². The molecule has 24 heavy (non-hydrogen) atoms. The number of hydrogen-bond donors (Lipinski definition) is 2. The van der Waals surface area contributed by atoms with Crippen molar-refractivity contribution >= 4 is 17.3 Å². The first-order valence-corrected chi connectivity index (χ1v) is 8.56. The zero-order chi connectivity index (χ0) is 17.5. The van der Waals surface area contributed by atoms with Gasteiger partial charge in [0, 0.05) is 24.6 Å². The molecule has 0 radical (unpaired) electrons. The van der Waals surface area contributed by atoms with E-state index in [2.05, 4.69) is 43.3 Å². The summed E-state index contributed by atoms with van der Waals surface area (Å²) in [5, 5.41) is 6.23. The van der Waals surface area contributed by atoms with E-state index in [1.807, 2.05) is 30.3 Å². The number of amides is 1. The number of pyridine rings is 1. The van der Waals surface area contributed by atoms with E-state index < -0.39 is 0 Å². The van der Waals surface area contributed by atoms with E-state index in [0.717, 1.165) is 24.3 Å². The Hall–Kier alpha value is -2.36. The van der Waals surface area contributed by atoms with Crippen LogP contribution in [0.5, 0.6) is 0 Å². The number of anilines is 2. The molecule has 0 atom stereocenters. The van der Waals surface area contributed by atoms with Crippen molar-refractivity contribution in [2.45, 2.75) is 40.0 Å². The van der Waals surface area contributed by atoms with Gasteiger partial charge in [0.25, 0.3) is 5.91 Å². The Morgan fingerprint density at radius 3 is 2.38 bits per heavy atom. The van der Waals surface area contributed by atoms with Crippen molar-refractivity contribution in [2.75, 3.05) is 17.2 Å². The molecule has 1 heterocycles. The van der Waals surface area contributed by atoms with Crippen LogP contribution in [-0.2, 0) is 0 Å². The van der Waals surface area contributed by atoms with Crippen molar-refractivity contribution in [3.63, 3.8) is 0 Å². The van der Waals surface area contributed by atoms with E-state index in [-0.39, 0.29) is 5.91 Å². The van der Waals surface area contributed by atoms with Crippen molar-refractivity contribution in [1.29, 1.82) is 0 Å². The molecule has 0 aliphatic rings. The molecule has 0 spiro atoms. The molecule has 4 nitrogen and oxygen atoms in total. The largest absolute Gasteiger partial charge is 0.384 e.